The van der Waals surface area contributed by atoms with E-state index in [9.17, 15) is 9.59 Å². The molecule has 3 N–H and O–H groups in total. The predicted octanol–water partition coefficient (Wildman–Crippen LogP) is 5.61. The van der Waals surface area contributed by atoms with Crippen LogP contribution in [0, 0.1) is 12.8 Å². The van der Waals surface area contributed by atoms with Crippen molar-refractivity contribution in [3.05, 3.63) is 64.8 Å². The summed E-state index contributed by atoms with van der Waals surface area (Å²) >= 11 is 0. The van der Waals surface area contributed by atoms with E-state index in [2.05, 4.69) is 42.6 Å². The summed E-state index contributed by atoms with van der Waals surface area (Å²) in [7, 11) is 0. The van der Waals surface area contributed by atoms with Crippen LogP contribution in [0.25, 0.3) is 22.0 Å². The number of alkyl carbamates (subject to hydrolysis) is 1. The van der Waals surface area contributed by atoms with Crippen molar-refractivity contribution in [1.82, 2.24) is 10.3 Å². The average Bonchev–Trinajstić information content (AvgIpc) is 3.59. The molecule has 0 bridgehead atoms. The SMILES string of the molecule is Cc1ccc(-c2c(COC(=O)NC(C)(C)C)c(CC3CC3)nc3ccc(CCC(N)=O)cc23)cc1. The Hall–Kier alpha value is -3.41. The molecule has 35 heavy (non-hydrogen) atoms. The molecule has 1 aromatic heterocycles. The molecule has 0 saturated heterocycles. The zero-order valence-electron chi connectivity index (χ0n) is 21.1. The highest BCUT2D eigenvalue weighted by atomic mass is 16.5. The average molecular weight is 474 g/mol. The van der Waals surface area contributed by atoms with Gasteiger partial charge in [0.1, 0.15) is 6.61 Å². The smallest absolute Gasteiger partial charge is 0.407 e. The van der Waals surface area contributed by atoms with Crippen molar-refractivity contribution in [2.45, 2.75) is 71.9 Å². The topological polar surface area (TPSA) is 94.3 Å². The lowest BCUT2D eigenvalue weighted by Crippen LogP contribution is -2.40. The lowest BCUT2D eigenvalue weighted by atomic mass is 9.91. The third kappa shape index (κ3) is 6.59. The number of nitrogens with two attached hydrogens (primary N) is 1. The third-order valence-electron chi connectivity index (χ3n) is 6.24. The number of hydrogen-bond donors (Lipinski definition) is 2. The van der Waals surface area contributed by atoms with Crippen LogP contribution in [0.15, 0.2) is 42.5 Å². The summed E-state index contributed by atoms with van der Waals surface area (Å²) in [6.07, 6.45) is 3.70. The van der Waals surface area contributed by atoms with Crippen molar-refractivity contribution in [1.29, 1.82) is 0 Å². The molecule has 1 saturated carbocycles. The fourth-order valence-electron chi connectivity index (χ4n) is 4.27. The van der Waals surface area contributed by atoms with E-state index in [1.807, 2.05) is 32.9 Å². The number of primary amides is 1. The Kier molecular flexibility index (Phi) is 7.10. The molecule has 0 radical (unpaired) electrons. The second-order valence-electron chi connectivity index (χ2n) is 10.7. The predicted molar refractivity (Wildman–Crippen MR) is 139 cm³/mol. The van der Waals surface area contributed by atoms with E-state index in [-0.39, 0.29) is 18.1 Å². The number of hydrogen-bond acceptors (Lipinski definition) is 4. The summed E-state index contributed by atoms with van der Waals surface area (Å²) in [5.74, 6) is 0.309. The monoisotopic (exact) mass is 473 g/mol. The van der Waals surface area contributed by atoms with Crippen molar-refractivity contribution < 1.29 is 14.3 Å². The minimum atomic E-state index is -0.444. The number of fused-ring (bicyclic) bond motifs is 1. The minimum Gasteiger partial charge on any atom is -0.445 e. The van der Waals surface area contributed by atoms with Crippen molar-refractivity contribution in [3.8, 4) is 11.1 Å². The summed E-state index contributed by atoms with van der Waals surface area (Å²) < 4.78 is 5.74. The van der Waals surface area contributed by atoms with Crippen LogP contribution in [0.3, 0.4) is 0 Å². The summed E-state index contributed by atoms with van der Waals surface area (Å²) in [6, 6.07) is 14.5. The van der Waals surface area contributed by atoms with Crippen LogP contribution >= 0.6 is 0 Å². The number of amides is 2. The van der Waals surface area contributed by atoms with Crippen molar-refractivity contribution in [3.63, 3.8) is 0 Å². The van der Waals surface area contributed by atoms with Crippen LogP contribution in [-0.2, 0) is 29.0 Å². The van der Waals surface area contributed by atoms with Gasteiger partial charge in [-0.1, -0.05) is 35.9 Å². The third-order valence-corrected chi connectivity index (χ3v) is 6.24. The van der Waals surface area contributed by atoms with Gasteiger partial charge in [0.05, 0.1) is 5.52 Å². The maximum atomic E-state index is 12.5. The summed E-state index contributed by atoms with van der Waals surface area (Å²) in [5, 5.41) is 3.87. The first-order valence-electron chi connectivity index (χ1n) is 12.3. The van der Waals surface area contributed by atoms with Crippen LogP contribution in [0.5, 0.6) is 0 Å². The standard InChI is InChI=1S/C29H35N3O3/c1-18-5-11-21(12-6-18)27-22-15-19(10-14-26(30)33)9-13-24(22)31-25(16-20-7-8-20)23(27)17-35-28(34)32-29(2,3)4/h5-6,9,11-13,15,20H,7-8,10,14,16-17H2,1-4H3,(H2,30,33)(H,32,34). The normalized spacial score (nSPS) is 13.6. The fourth-order valence-corrected chi connectivity index (χ4v) is 4.27. The van der Waals surface area contributed by atoms with Crippen LogP contribution in [0.4, 0.5) is 4.79 Å². The number of nitrogens with one attached hydrogen (secondary N) is 1. The van der Waals surface area contributed by atoms with E-state index in [4.69, 9.17) is 15.5 Å². The van der Waals surface area contributed by atoms with Crippen LogP contribution in [0.2, 0.25) is 0 Å². The highest BCUT2D eigenvalue weighted by Gasteiger charge is 2.27. The number of pyridine rings is 1. The van der Waals surface area contributed by atoms with E-state index in [0.29, 0.717) is 18.8 Å². The van der Waals surface area contributed by atoms with E-state index in [1.165, 1.54) is 18.4 Å². The molecule has 0 aliphatic heterocycles. The van der Waals surface area contributed by atoms with Gasteiger partial charge in [-0.3, -0.25) is 9.78 Å². The van der Waals surface area contributed by atoms with Crippen LogP contribution in [-0.4, -0.2) is 22.5 Å². The van der Waals surface area contributed by atoms with Crippen molar-refractivity contribution in [2.24, 2.45) is 11.7 Å². The molecule has 2 amide bonds. The van der Waals surface area contributed by atoms with Gasteiger partial charge < -0.3 is 15.8 Å². The summed E-state index contributed by atoms with van der Waals surface area (Å²) in [5.41, 5.74) is 12.1. The van der Waals surface area contributed by atoms with Gasteiger partial charge in [-0.2, -0.15) is 0 Å². The Morgan fingerprint density at radius 1 is 1.11 bits per heavy atom. The molecule has 1 aliphatic rings. The number of ether oxygens (including phenoxy) is 1. The molecule has 1 aliphatic carbocycles. The van der Waals surface area contributed by atoms with E-state index in [1.54, 1.807) is 0 Å². The molecular formula is C29H35N3O3. The van der Waals surface area contributed by atoms with Gasteiger partial charge in [0.15, 0.2) is 0 Å². The first kappa shape index (κ1) is 24.7. The van der Waals surface area contributed by atoms with Gasteiger partial charge in [-0.25, -0.2) is 4.79 Å². The zero-order chi connectivity index (χ0) is 25.2. The molecule has 1 fully saturated rings. The molecular weight excluding hydrogens is 438 g/mol. The number of benzene rings is 2. The molecule has 6 nitrogen and oxygen atoms in total. The molecule has 4 rings (SSSR count). The van der Waals surface area contributed by atoms with E-state index < -0.39 is 6.09 Å². The molecule has 184 valence electrons. The second-order valence-corrected chi connectivity index (χ2v) is 10.7. The van der Waals surface area contributed by atoms with Gasteiger partial charge in [-0.05, 0) is 88.1 Å². The van der Waals surface area contributed by atoms with Gasteiger partial charge in [0, 0.05) is 28.6 Å². The maximum Gasteiger partial charge on any atom is 0.407 e. The molecule has 1 heterocycles. The summed E-state index contributed by atoms with van der Waals surface area (Å²) in [6.45, 7) is 7.98. The second kappa shape index (κ2) is 10.1. The molecule has 0 unspecified atom stereocenters. The lowest BCUT2D eigenvalue weighted by Gasteiger charge is -2.22. The number of aryl methyl sites for hydroxylation is 2. The van der Waals surface area contributed by atoms with Crippen LogP contribution in [0.1, 0.15) is 62.4 Å². The molecule has 0 atom stereocenters. The molecule has 6 heteroatoms. The van der Waals surface area contributed by atoms with Crippen molar-refractivity contribution >= 4 is 22.9 Å². The Morgan fingerprint density at radius 2 is 1.83 bits per heavy atom. The maximum absolute atomic E-state index is 12.5. The van der Waals surface area contributed by atoms with E-state index in [0.717, 1.165) is 45.3 Å². The summed E-state index contributed by atoms with van der Waals surface area (Å²) in [4.78, 5) is 29.0. The number of rotatable bonds is 8. The fraction of sp³-hybridized carbons (Fsp3) is 0.414. The molecule has 3 aromatic rings. The molecule has 2 aromatic carbocycles. The van der Waals surface area contributed by atoms with Gasteiger partial charge in [0.25, 0.3) is 0 Å². The van der Waals surface area contributed by atoms with Gasteiger partial charge >= 0.3 is 6.09 Å². The number of carbonyl (C=O) groups excluding carboxylic acids is 2. The Bertz CT molecular complexity index is 1240. The highest BCUT2D eigenvalue weighted by Crippen LogP contribution is 2.39. The number of aromatic nitrogens is 1. The quantitative estimate of drug-likeness (QED) is 0.445. The van der Waals surface area contributed by atoms with Crippen molar-refractivity contribution in [2.75, 3.05) is 0 Å². The molecule has 0 spiro atoms. The Labute approximate surface area is 207 Å². The van der Waals surface area contributed by atoms with Gasteiger partial charge in [-0.15, -0.1) is 0 Å². The minimum absolute atomic E-state index is 0.141. The zero-order valence-corrected chi connectivity index (χ0v) is 21.1. The largest absolute Gasteiger partial charge is 0.445 e. The van der Waals surface area contributed by atoms with Crippen LogP contribution < -0.4 is 11.1 Å². The highest BCUT2D eigenvalue weighted by molar-refractivity contribution is 5.97. The first-order chi connectivity index (χ1) is 16.6. The van der Waals surface area contributed by atoms with Gasteiger partial charge in [0.2, 0.25) is 5.91 Å². The lowest BCUT2D eigenvalue weighted by molar-refractivity contribution is -0.117. The first-order valence-corrected chi connectivity index (χ1v) is 12.3. The Balaban J connectivity index is 1.84. The number of nitrogens with zero attached hydrogens (tertiary/aromatic N) is 1. The van der Waals surface area contributed by atoms with E-state index >= 15 is 0 Å². The Morgan fingerprint density at radius 3 is 2.46 bits per heavy atom. The number of carbonyl (C=O) groups is 2.